The third-order valence-corrected chi connectivity index (χ3v) is 3.74. The fourth-order valence-electron chi connectivity index (χ4n) is 1.61. The van der Waals surface area contributed by atoms with Gasteiger partial charge in [0.1, 0.15) is 6.07 Å². The van der Waals surface area contributed by atoms with Crippen LogP contribution in [0.15, 0.2) is 63.5 Å². The summed E-state index contributed by atoms with van der Waals surface area (Å²) in [4.78, 5) is 17.3. The zero-order valence-electron chi connectivity index (χ0n) is 12.2. The van der Waals surface area contributed by atoms with Gasteiger partial charge in [-0.05, 0) is 36.4 Å². The molecule has 2 aromatic rings. The number of rotatable bonds is 4. The Morgan fingerprint density at radius 1 is 1.13 bits per heavy atom. The standard InChI is InChI=1S/C16H13N3O3S/c1-21-16(20)22-19-15(10-17)11-2-6-13(7-3-11)23-14-8-4-12(18)5-9-14/h2-9H,18H2,1H3/b19-15+. The molecule has 0 aliphatic heterocycles. The Bertz CT molecular complexity index is 750. The van der Waals surface area contributed by atoms with Gasteiger partial charge < -0.3 is 10.5 Å². The van der Waals surface area contributed by atoms with Crippen molar-refractivity contribution in [2.24, 2.45) is 5.16 Å². The highest BCUT2D eigenvalue weighted by molar-refractivity contribution is 7.99. The van der Waals surface area contributed by atoms with Crippen molar-refractivity contribution in [1.29, 1.82) is 5.26 Å². The molecule has 116 valence electrons. The van der Waals surface area contributed by atoms with Gasteiger partial charge >= 0.3 is 6.16 Å². The molecule has 2 N–H and O–H groups in total. The molecule has 2 aromatic carbocycles. The van der Waals surface area contributed by atoms with Crippen molar-refractivity contribution in [3.05, 3.63) is 54.1 Å². The summed E-state index contributed by atoms with van der Waals surface area (Å²) in [5.74, 6) is 0. The SMILES string of the molecule is COC(=O)O/N=C(\C#N)c1ccc(Sc2ccc(N)cc2)cc1. The van der Waals surface area contributed by atoms with Crippen LogP contribution < -0.4 is 5.73 Å². The van der Waals surface area contributed by atoms with Crippen molar-refractivity contribution in [2.75, 3.05) is 12.8 Å². The smallest absolute Gasteiger partial charge is 0.436 e. The van der Waals surface area contributed by atoms with Crippen molar-refractivity contribution in [3.63, 3.8) is 0 Å². The number of nitrogens with zero attached hydrogens (tertiary/aromatic N) is 2. The minimum atomic E-state index is -0.978. The number of hydrogen-bond acceptors (Lipinski definition) is 7. The second kappa shape index (κ2) is 7.87. The maximum atomic E-state index is 10.9. The highest BCUT2D eigenvalue weighted by Crippen LogP contribution is 2.28. The van der Waals surface area contributed by atoms with Gasteiger partial charge in [0.25, 0.3) is 0 Å². The summed E-state index contributed by atoms with van der Waals surface area (Å²) in [5, 5.41) is 12.5. The molecule has 7 heteroatoms. The molecule has 0 unspecified atom stereocenters. The number of methoxy groups -OCH3 is 1. The number of carbonyl (C=O) groups excluding carboxylic acids is 1. The van der Waals surface area contributed by atoms with Crippen LogP contribution in [-0.4, -0.2) is 19.0 Å². The summed E-state index contributed by atoms with van der Waals surface area (Å²) >= 11 is 1.56. The molecule has 0 bridgehead atoms. The van der Waals surface area contributed by atoms with Crippen molar-refractivity contribution in [1.82, 2.24) is 0 Å². The molecule has 0 aromatic heterocycles. The van der Waals surface area contributed by atoms with E-state index < -0.39 is 6.16 Å². The van der Waals surface area contributed by atoms with Gasteiger partial charge in [0.05, 0.1) is 7.11 Å². The zero-order chi connectivity index (χ0) is 16.7. The van der Waals surface area contributed by atoms with Crippen LogP contribution >= 0.6 is 11.8 Å². The van der Waals surface area contributed by atoms with E-state index >= 15 is 0 Å². The first kappa shape index (κ1) is 16.4. The Kier molecular flexibility index (Phi) is 5.61. The number of nitriles is 1. The summed E-state index contributed by atoms with van der Waals surface area (Å²) in [7, 11) is 1.16. The number of hydrogen-bond donors (Lipinski definition) is 1. The lowest BCUT2D eigenvalue weighted by Gasteiger charge is -2.03. The fourth-order valence-corrected chi connectivity index (χ4v) is 2.43. The molecule has 6 nitrogen and oxygen atoms in total. The second-order valence-corrected chi connectivity index (χ2v) is 5.44. The van der Waals surface area contributed by atoms with E-state index in [1.165, 1.54) is 0 Å². The third kappa shape index (κ3) is 4.76. The molecule has 0 amide bonds. The maximum Gasteiger partial charge on any atom is 0.534 e. The number of ether oxygens (including phenoxy) is 1. The topological polar surface area (TPSA) is 97.7 Å². The predicted octanol–water partition coefficient (Wildman–Crippen LogP) is 3.43. The fraction of sp³-hybridized carbons (Fsp3) is 0.0625. The lowest BCUT2D eigenvalue weighted by molar-refractivity contribution is 0.0755. The van der Waals surface area contributed by atoms with Gasteiger partial charge in [-0.2, -0.15) is 5.26 Å². The first-order valence-electron chi connectivity index (χ1n) is 6.49. The summed E-state index contributed by atoms with van der Waals surface area (Å²) in [6.07, 6.45) is -0.978. The Balaban J connectivity index is 2.10. The highest BCUT2D eigenvalue weighted by Gasteiger charge is 2.07. The summed E-state index contributed by atoms with van der Waals surface area (Å²) < 4.78 is 4.28. The molecular formula is C16H13N3O3S. The van der Waals surface area contributed by atoms with Crippen molar-refractivity contribution < 1.29 is 14.4 Å². The van der Waals surface area contributed by atoms with E-state index in [1.54, 1.807) is 23.9 Å². The van der Waals surface area contributed by atoms with E-state index in [0.29, 0.717) is 11.3 Å². The Labute approximate surface area is 137 Å². The normalized spacial score (nSPS) is 10.7. The molecule has 0 saturated heterocycles. The zero-order valence-corrected chi connectivity index (χ0v) is 13.0. The maximum absolute atomic E-state index is 10.9. The number of nitrogen functional groups attached to an aromatic ring is 1. The van der Waals surface area contributed by atoms with Gasteiger partial charge in [0.2, 0.25) is 0 Å². The molecule has 0 heterocycles. The summed E-state index contributed by atoms with van der Waals surface area (Å²) in [5.41, 5.74) is 6.89. The lowest BCUT2D eigenvalue weighted by atomic mass is 10.1. The Morgan fingerprint density at radius 3 is 2.22 bits per heavy atom. The first-order chi connectivity index (χ1) is 11.1. The average molecular weight is 327 g/mol. The molecule has 0 radical (unpaired) electrons. The van der Waals surface area contributed by atoms with Crippen LogP contribution in [0.3, 0.4) is 0 Å². The third-order valence-electron chi connectivity index (χ3n) is 2.73. The monoisotopic (exact) mass is 327 g/mol. The average Bonchev–Trinajstić information content (AvgIpc) is 2.58. The van der Waals surface area contributed by atoms with Gasteiger partial charge in [0, 0.05) is 21.0 Å². The molecular weight excluding hydrogens is 314 g/mol. The molecule has 0 atom stereocenters. The van der Waals surface area contributed by atoms with Crippen LogP contribution in [0.1, 0.15) is 5.56 Å². The van der Waals surface area contributed by atoms with E-state index in [4.69, 9.17) is 11.0 Å². The van der Waals surface area contributed by atoms with Crippen LogP contribution in [0.25, 0.3) is 0 Å². The first-order valence-corrected chi connectivity index (χ1v) is 7.31. The number of oxime groups is 1. The van der Waals surface area contributed by atoms with Crippen molar-refractivity contribution in [2.45, 2.75) is 9.79 Å². The highest BCUT2D eigenvalue weighted by atomic mass is 32.2. The van der Waals surface area contributed by atoms with Crippen molar-refractivity contribution >= 4 is 29.3 Å². The van der Waals surface area contributed by atoms with E-state index in [2.05, 4.69) is 14.7 Å². The van der Waals surface area contributed by atoms with Crippen LogP contribution in [0.5, 0.6) is 0 Å². The minimum absolute atomic E-state index is 0.0144. The van der Waals surface area contributed by atoms with E-state index in [1.807, 2.05) is 42.5 Å². The van der Waals surface area contributed by atoms with Gasteiger partial charge in [0.15, 0.2) is 5.71 Å². The number of benzene rings is 2. The lowest BCUT2D eigenvalue weighted by Crippen LogP contribution is -2.04. The van der Waals surface area contributed by atoms with Crippen molar-refractivity contribution in [3.8, 4) is 6.07 Å². The molecule has 0 spiro atoms. The van der Waals surface area contributed by atoms with Crippen LogP contribution in [0.2, 0.25) is 0 Å². The molecule has 0 fully saturated rings. The number of carbonyl (C=O) groups is 1. The number of anilines is 1. The number of nitrogens with two attached hydrogens (primary N) is 1. The predicted molar refractivity (Wildman–Crippen MR) is 87.1 cm³/mol. The van der Waals surface area contributed by atoms with Gasteiger partial charge in [-0.25, -0.2) is 4.79 Å². The van der Waals surface area contributed by atoms with Crippen LogP contribution in [0, 0.1) is 11.3 Å². The summed E-state index contributed by atoms with van der Waals surface area (Å²) in [6.45, 7) is 0. The van der Waals surface area contributed by atoms with Gasteiger partial charge in [-0.3, -0.25) is 4.84 Å². The van der Waals surface area contributed by atoms with Crippen LogP contribution in [0.4, 0.5) is 10.5 Å². The Morgan fingerprint density at radius 2 is 1.70 bits per heavy atom. The Hall–Kier alpha value is -2.98. The van der Waals surface area contributed by atoms with Crippen LogP contribution in [-0.2, 0) is 9.57 Å². The van der Waals surface area contributed by atoms with Gasteiger partial charge in [-0.15, -0.1) is 0 Å². The largest absolute Gasteiger partial charge is 0.534 e. The molecule has 0 aliphatic rings. The van der Waals surface area contributed by atoms with E-state index in [0.717, 1.165) is 16.9 Å². The molecule has 2 rings (SSSR count). The van der Waals surface area contributed by atoms with E-state index in [-0.39, 0.29) is 5.71 Å². The molecule has 23 heavy (non-hydrogen) atoms. The second-order valence-electron chi connectivity index (χ2n) is 4.29. The quantitative estimate of drug-likeness (QED) is 0.304. The molecule has 0 aliphatic carbocycles. The molecule has 0 saturated carbocycles. The summed E-state index contributed by atoms with van der Waals surface area (Å²) in [6, 6.07) is 16.5. The van der Waals surface area contributed by atoms with E-state index in [9.17, 15) is 4.79 Å². The van der Waals surface area contributed by atoms with Gasteiger partial charge in [-0.1, -0.05) is 29.1 Å². The minimum Gasteiger partial charge on any atom is -0.436 e.